The van der Waals surface area contributed by atoms with E-state index in [1.54, 1.807) is 13.1 Å². The van der Waals surface area contributed by atoms with Crippen LogP contribution in [0.3, 0.4) is 0 Å². The Kier molecular flexibility index (Phi) is 4.81. The second-order valence-corrected chi connectivity index (χ2v) is 9.56. The van der Waals surface area contributed by atoms with Crippen molar-refractivity contribution < 1.29 is 14.3 Å². The summed E-state index contributed by atoms with van der Waals surface area (Å²) in [5, 5.41) is 4.46. The number of pyridine rings is 1. The number of aromatic nitrogens is 3. The van der Waals surface area contributed by atoms with Gasteiger partial charge in [0.2, 0.25) is 5.91 Å². The Hall–Kier alpha value is -2.41. The maximum absolute atomic E-state index is 11.5. The van der Waals surface area contributed by atoms with Crippen molar-refractivity contribution in [2.75, 3.05) is 26.8 Å². The average molecular weight is 411 g/mol. The second-order valence-electron chi connectivity index (χ2n) is 9.56. The van der Waals surface area contributed by atoms with Gasteiger partial charge in [-0.3, -0.25) is 9.78 Å². The molecular formula is C23H30N4O3. The number of rotatable bonds is 7. The van der Waals surface area contributed by atoms with E-state index in [4.69, 9.17) is 9.47 Å². The van der Waals surface area contributed by atoms with Gasteiger partial charge in [0.05, 0.1) is 24.2 Å². The number of carbonyl (C=O) groups excluding carboxylic acids is 1. The zero-order chi connectivity index (χ0) is 20.8. The van der Waals surface area contributed by atoms with Crippen LogP contribution >= 0.6 is 0 Å². The summed E-state index contributed by atoms with van der Waals surface area (Å²) in [6.45, 7) is 4.03. The summed E-state index contributed by atoms with van der Waals surface area (Å²) in [4.78, 5) is 17.9. The Bertz CT molecular complexity index is 897. The molecule has 2 bridgehead atoms. The monoisotopic (exact) mass is 410 g/mol. The first-order valence-corrected chi connectivity index (χ1v) is 10.9. The van der Waals surface area contributed by atoms with Crippen molar-refractivity contribution in [2.45, 2.75) is 51.7 Å². The third kappa shape index (κ3) is 3.49. The summed E-state index contributed by atoms with van der Waals surface area (Å²) in [7, 11) is 1.89. The molecule has 160 valence electrons. The van der Waals surface area contributed by atoms with E-state index in [1.165, 1.54) is 0 Å². The van der Waals surface area contributed by atoms with Gasteiger partial charge in [-0.15, -0.1) is 0 Å². The van der Waals surface area contributed by atoms with Crippen LogP contribution in [0.1, 0.15) is 51.7 Å². The molecule has 0 aromatic carbocycles. The fourth-order valence-electron chi connectivity index (χ4n) is 5.68. The molecule has 1 amide bonds. The van der Waals surface area contributed by atoms with E-state index >= 15 is 0 Å². The Labute approximate surface area is 177 Å². The Morgan fingerprint density at radius 1 is 1.27 bits per heavy atom. The van der Waals surface area contributed by atoms with E-state index in [-0.39, 0.29) is 12.1 Å². The molecule has 0 radical (unpaired) electrons. The molecule has 0 N–H and O–H groups in total. The van der Waals surface area contributed by atoms with Gasteiger partial charge in [0, 0.05) is 38.7 Å². The first-order valence-electron chi connectivity index (χ1n) is 10.9. The molecule has 4 aliphatic rings. The second kappa shape index (κ2) is 7.38. The maximum atomic E-state index is 11.5. The fourth-order valence-corrected chi connectivity index (χ4v) is 5.68. The summed E-state index contributed by atoms with van der Waals surface area (Å²) >= 11 is 0. The van der Waals surface area contributed by atoms with Gasteiger partial charge in [-0.2, -0.15) is 5.10 Å². The van der Waals surface area contributed by atoms with Crippen LogP contribution < -0.4 is 4.74 Å². The van der Waals surface area contributed by atoms with Gasteiger partial charge in [0.1, 0.15) is 5.75 Å². The zero-order valence-electron chi connectivity index (χ0n) is 17.8. The van der Waals surface area contributed by atoms with Crippen molar-refractivity contribution in [1.29, 1.82) is 0 Å². The van der Waals surface area contributed by atoms with E-state index in [9.17, 15) is 4.79 Å². The largest absolute Gasteiger partial charge is 0.491 e. The van der Waals surface area contributed by atoms with Gasteiger partial charge < -0.3 is 14.4 Å². The number of hydrogen-bond acceptors (Lipinski definition) is 5. The minimum Gasteiger partial charge on any atom is -0.491 e. The normalized spacial score (nSPS) is 29.6. The van der Waals surface area contributed by atoms with Crippen LogP contribution in [0, 0.1) is 10.8 Å². The molecule has 1 aliphatic heterocycles. The van der Waals surface area contributed by atoms with Crippen molar-refractivity contribution in [2.24, 2.45) is 10.8 Å². The standard InChI is InChI=1S/C23H30N4O3/c1-17(28)26(2)15-22-12-23(13-22,14-22)16-30-18-6-7-19(24-11-18)20-8-9-25-27(20)21-5-3-4-10-29-21/h6-9,11,21H,3-5,10,12-16H2,1-2H3. The lowest BCUT2D eigenvalue weighted by Crippen LogP contribution is -2.67. The Balaban J connectivity index is 1.16. The van der Waals surface area contributed by atoms with Crippen LogP contribution in [0.15, 0.2) is 30.6 Å². The van der Waals surface area contributed by atoms with Crippen molar-refractivity contribution in [1.82, 2.24) is 19.7 Å². The molecule has 3 heterocycles. The van der Waals surface area contributed by atoms with Gasteiger partial charge in [0.25, 0.3) is 0 Å². The van der Waals surface area contributed by atoms with E-state index in [0.717, 1.165) is 75.4 Å². The van der Waals surface area contributed by atoms with Crippen molar-refractivity contribution in [3.63, 3.8) is 0 Å². The fraction of sp³-hybridized carbons (Fsp3) is 0.609. The Morgan fingerprint density at radius 3 is 2.77 bits per heavy atom. The molecule has 2 aromatic heterocycles. The van der Waals surface area contributed by atoms with Gasteiger partial charge in [-0.1, -0.05) is 0 Å². The first kappa shape index (κ1) is 19.5. The van der Waals surface area contributed by atoms with Crippen LogP contribution in [0.5, 0.6) is 5.75 Å². The molecule has 1 unspecified atom stereocenters. The molecule has 1 saturated heterocycles. The van der Waals surface area contributed by atoms with Crippen molar-refractivity contribution in [3.05, 3.63) is 30.6 Å². The minimum absolute atomic E-state index is 0.000114. The molecular weight excluding hydrogens is 380 g/mol. The predicted molar refractivity (Wildman–Crippen MR) is 112 cm³/mol. The number of amides is 1. The number of nitrogens with zero attached hydrogens (tertiary/aromatic N) is 4. The van der Waals surface area contributed by atoms with Crippen LogP contribution in [0.25, 0.3) is 11.4 Å². The highest BCUT2D eigenvalue weighted by Gasteiger charge is 2.68. The van der Waals surface area contributed by atoms with Crippen LogP contribution in [-0.4, -0.2) is 52.4 Å². The number of carbonyl (C=O) groups is 1. The molecule has 3 aliphatic carbocycles. The summed E-state index contributed by atoms with van der Waals surface area (Å²) in [5.74, 6) is 0.950. The maximum Gasteiger partial charge on any atom is 0.219 e. The van der Waals surface area contributed by atoms with Gasteiger partial charge in [0.15, 0.2) is 6.23 Å². The van der Waals surface area contributed by atoms with Crippen LogP contribution in [0.4, 0.5) is 0 Å². The van der Waals surface area contributed by atoms with E-state index < -0.39 is 0 Å². The highest BCUT2D eigenvalue weighted by Crippen LogP contribution is 2.73. The molecule has 3 saturated carbocycles. The van der Waals surface area contributed by atoms with Gasteiger partial charge in [-0.25, -0.2) is 4.68 Å². The lowest BCUT2D eigenvalue weighted by Gasteiger charge is -2.71. The topological polar surface area (TPSA) is 69.5 Å². The third-order valence-electron chi connectivity index (χ3n) is 7.00. The summed E-state index contributed by atoms with van der Waals surface area (Å²) in [5.41, 5.74) is 2.49. The third-order valence-corrected chi connectivity index (χ3v) is 7.00. The van der Waals surface area contributed by atoms with E-state index in [2.05, 4.69) is 10.1 Å². The summed E-state index contributed by atoms with van der Waals surface area (Å²) in [6.07, 6.45) is 10.4. The minimum atomic E-state index is 0.000114. The van der Waals surface area contributed by atoms with Gasteiger partial charge in [-0.05, 0) is 62.1 Å². The van der Waals surface area contributed by atoms with Crippen molar-refractivity contribution in [3.8, 4) is 17.1 Å². The summed E-state index contributed by atoms with van der Waals surface area (Å²) < 4.78 is 13.9. The lowest BCUT2D eigenvalue weighted by molar-refractivity contribution is -0.225. The lowest BCUT2D eigenvalue weighted by atomic mass is 9.35. The van der Waals surface area contributed by atoms with E-state index in [1.807, 2.05) is 41.0 Å². The predicted octanol–water partition coefficient (Wildman–Crippen LogP) is 3.67. The zero-order valence-corrected chi connectivity index (χ0v) is 17.8. The molecule has 1 atom stereocenters. The number of ether oxygens (including phenoxy) is 2. The van der Waals surface area contributed by atoms with Crippen LogP contribution in [0.2, 0.25) is 0 Å². The van der Waals surface area contributed by atoms with E-state index in [0.29, 0.717) is 10.8 Å². The van der Waals surface area contributed by atoms with Gasteiger partial charge >= 0.3 is 0 Å². The molecule has 7 nitrogen and oxygen atoms in total. The quantitative estimate of drug-likeness (QED) is 0.697. The molecule has 2 aromatic rings. The van der Waals surface area contributed by atoms with Crippen LogP contribution in [-0.2, 0) is 9.53 Å². The molecule has 6 rings (SSSR count). The molecule has 7 heteroatoms. The Morgan fingerprint density at radius 2 is 2.10 bits per heavy atom. The first-order chi connectivity index (χ1) is 14.5. The smallest absolute Gasteiger partial charge is 0.219 e. The molecule has 0 spiro atoms. The van der Waals surface area contributed by atoms with Crippen molar-refractivity contribution >= 4 is 5.91 Å². The molecule has 30 heavy (non-hydrogen) atoms. The number of hydrogen-bond donors (Lipinski definition) is 0. The highest BCUT2D eigenvalue weighted by molar-refractivity contribution is 5.73. The average Bonchev–Trinajstić information content (AvgIpc) is 3.19. The highest BCUT2D eigenvalue weighted by atomic mass is 16.5. The molecule has 4 fully saturated rings. The SMILES string of the molecule is CC(=O)N(C)CC12CC(COc3ccc(-c4ccnn4C4CCCCO4)nc3)(C1)C2. The summed E-state index contributed by atoms with van der Waals surface area (Å²) in [6, 6.07) is 5.98.